The number of imidazole rings is 1. The number of hydrogen-bond acceptors (Lipinski definition) is 1. The lowest BCUT2D eigenvalue weighted by Crippen LogP contribution is -2.08. The highest BCUT2D eigenvalue weighted by atomic mass is 35.5. The quantitative estimate of drug-likeness (QED) is 0.708. The van der Waals surface area contributed by atoms with Gasteiger partial charge in [-0.2, -0.15) is 0 Å². The smallest absolute Gasteiger partial charge is 0.128 e. The van der Waals surface area contributed by atoms with Crippen LogP contribution in [0.3, 0.4) is 0 Å². The highest BCUT2D eigenvalue weighted by Gasteiger charge is 2.16. The Labute approximate surface area is 118 Å². The summed E-state index contributed by atoms with van der Waals surface area (Å²) in [6, 6.07) is 3.71. The van der Waals surface area contributed by atoms with Crippen molar-refractivity contribution in [3.8, 4) is 0 Å². The van der Waals surface area contributed by atoms with Crippen LogP contribution in [-0.2, 0) is 5.88 Å². The van der Waals surface area contributed by atoms with Crippen molar-refractivity contribution < 1.29 is 4.39 Å². The maximum Gasteiger partial charge on any atom is 0.128 e. The van der Waals surface area contributed by atoms with Crippen LogP contribution in [0.5, 0.6) is 0 Å². The Morgan fingerprint density at radius 3 is 2.79 bits per heavy atom. The second kappa shape index (κ2) is 5.91. The van der Waals surface area contributed by atoms with E-state index in [9.17, 15) is 4.39 Å². The number of hydrogen-bond donors (Lipinski definition) is 0. The molecular formula is C15H20ClFN2. The SMILES string of the molecule is CCCCC(C)n1c(CCl)nc2cc(F)c(C)cc21. The first-order valence-electron chi connectivity index (χ1n) is 6.81. The summed E-state index contributed by atoms with van der Waals surface area (Å²) in [4.78, 5) is 4.45. The van der Waals surface area contributed by atoms with Gasteiger partial charge in [-0.1, -0.05) is 19.8 Å². The van der Waals surface area contributed by atoms with Crippen LogP contribution in [0.1, 0.15) is 50.5 Å². The van der Waals surface area contributed by atoms with Crippen LogP contribution in [0.2, 0.25) is 0 Å². The Kier molecular flexibility index (Phi) is 4.46. The number of aryl methyl sites for hydroxylation is 1. The van der Waals surface area contributed by atoms with Gasteiger partial charge < -0.3 is 4.57 Å². The summed E-state index contributed by atoms with van der Waals surface area (Å²) in [5.74, 6) is 0.969. The summed E-state index contributed by atoms with van der Waals surface area (Å²) >= 11 is 5.98. The van der Waals surface area contributed by atoms with E-state index in [1.807, 2.05) is 6.07 Å². The second-order valence-corrected chi connectivity index (χ2v) is 5.38. The monoisotopic (exact) mass is 282 g/mol. The molecule has 4 heteroatoms. The van der Waals surface area contributed by atoms with Crippen molar-refractivity contribution in [2.75, 3.05) is 0 Å². The van der Waals surface area contributed by atoms with Gasteiger partial charge in [-0.25, -0.2) is 9.37 Å². The molecule has 0 saturated heterocycles. The lowest BCUT2D eigenvalue weighted by Gasteiger charge is -2.16. The third kappa shape index (κ3) is 2.76. The van der Waals surface area contributed by atoms with Crippen LogP contribution in [0.4, 0.5) is 4.39 Å². The van der Waals surface area contributed by atoms with Crippen molar-refractivity contribution in [1.29, 1.82) is 0 Å². The molecule has 104 valence electrons. The number of halogens is 2. The molecule has 0 saturated carbocycles. The summed E-state index contributed by atoms with van der Waals surface area (Å²) in [6.07, 6.45) is 3.42. The minimum Gasteiger partial charge on any atom is -0.324 e. The lowest BCUT2D eigenvalue weighted by molar-refractivity contribution is 0.485. The molecule has 2 aromatic rings. The van der Waals surface area contributed by atoms with E-state index in [0.717, 1.165) is 17.8 Å². The summed E-state index contributed by atoms with van der Waals surface area (Å²) in [7, 11) is 0. The van der Waals surface area contributed by atoms with Crippen LogP contribution in [0, 0.1) is 12.7 Å². The van der Waals surface area contributed by atoms with Crippen molar-refractivity contribution in [2.24, 2.45) is 0 Å². The largest absolute Gasteiger partial charge is 0.324 e. The van der Waals surface area contributed by atoms with Crippen LogP contribution < -0.4 is 0 Å². The molecule has 0 amide bonds. The number of unbranched alkanes of at least 4 members (excludes halogenated alkanes) is 1. The maximum atomic E-state index is 13.6. The van der Waals surface area contributed by atoms with Crippen molar-refractivity contribution in [2.45, 2.75) is 52.0 Å². The maximum absolute atomic E-state index is 13.6. The van der Waals surface area contributed by atoms with Crippen LogP contribution in [0.25, 0.3) is 11.0 Å². The zero-order chi connectivity index (χ0) is 14.0. The number of aromatic nitrogens is 2. The predicted octanol–water partition coefficient (Wildman–Crippen LogP) is 4.97. The van der Waals surface area contributed by atoms with E-state index in [2.05, 4.69) is 23.4 Å². The Bertz CT molecular complexity index is 577. The molecule has 1 unspecified atom stereocenters. The molecule has 0 aliphatic carbocycles. The van der Waals surface area contributed by atoms with Crippen LogP contribution in [-0.4, -0.2) is 9.55 Å². The molecule has 0 aliphatic rings. The first-order valence-corrected chi connectivity index (χ1v) is 7.34. The summed E-state index contributed by atoms with van der Waals surface area (Å²) in [5, 5.41) is 0. The molecule has 0 N–H and O–H groups in total. The summed E-state index contributed by atoms with van der Waals surface area (Å²) in [5.41, 5.74) is 2.33. The predicted molar refractivity (Wildman–Crippen MR) is 78.2 cm³/mol. The fourth-order valence-corrected chi connectivity index (χ4v) is 2.67. The van der Waals surface area contributed by atoms with Crippen molar-refractivity contribution in [1.82, 2.24) is 9.55 Å². The first-order chi connectivity index (χ1) is 9.08. The Morgan fingerprint density at radius 1 is 1.42 bits per heavy atom. The summed E-state index contributed by atoms with van der Waals surface area (Å²) in [6.45, 7) is 6.13. The van der Waals surface area contributed by atoms with Gasteiger partial charge in [-0.05, 0) is 31.9 Å². The second-order valence-electron chi connectivity index (χ2n) is 5.11. The average molecular weight is 283 g/mol. The molecule has 0 fully saturated rings. The molecule has 0 aliphatic heterocycles. The van der Waals surface area contributed by atoms with E-state index in [1.54, 1.807) is 6.92 Å². The van der Waals surface area contributed by atoms with E-state index < -0.39 is 0 Å². The highest BCUT2D eigenvalue weighted by molar-refractivity contribution is 6.16. The van der Waals surface area contributed by atoms with E-state index in [4.69, 9.17) is 11.6 Å². The molecule has 2 rings (SSSR count). The number of alkyl halides is 1. The zero-order valence-electron chi connectivity index (χ0n) is 11.7. The zero-order valence-corrected chi connectivity index (χ0v) is 12.5. The highest BCUT2D eigenvalue weighted by Crippen LogP contribution is 2.27. The number of benzene rings is 1. The molecule has 19 heavy (non-hydrogen) atoms. The topological polar surface area (TPSA) is 17.8 Å². The Morgan fingerprint density at radius 2 is 2.16 bits per heavy atom. The number of rotatable bonds is 5. The van der Waals surface area contributed by atoms with Gasteiger partial charge in [0.2, 0.25) is 0 Å². The normalized spacial score (nSPS) is 13.1. The molecule has 0 bridgehead atoms. The third-order valence-electron chi connectivity index (χ3n) is 3.58. The first kappa shape index (κ1) is 14.3. The standard InChI is InChI=1S/C15H20ClFN2/c1-4-5-6-11(3)19-14-7-10(2)12(17)8-13(14)18-15(19)9-16/h7-8,11H,4-6,9H2,1-3H3. The Hall–Kier alpha value is -1.09. The fourth-order valence-electron chi connectivity index (χ4n) is 2.48. The van der Waals surface area contributed by atoms with Gasteiger partial charge in [0.1, 0.15) is 11.6 Å². The molecule has 0 spiro atoms. The molecule has 2 nitrogen and oxygen atoms in total. The van der Waals surface area contributed by atoms with Gasteiger partial charge in [0.25, 0.3) is 0 Å². The minimum absolute atomic E-state index is 0.209. The molecule has 1 aromatic carbocycles. The van der Waals surface area contributed by atoms with E-state index >= 15 is 0 Å². The van der Waals surface area contributed by atoms with Gasteiger partial charge in [-0.3, -0.25) is 0 Å². The van der Waals surface area contributed by atoms with Gasteiger partial charge in [0.05, 0.1) is 16.9 Å². The fraction of sp³-hybridized carbons (Fsp3) is 0.533. The molecule has 0 radical (unpaired) electrons. The van der Waals surface area contributed by atoms with Crippen molar-refractivity contribution in [3.63, 3.8) is 0 Å². The van der Waals surface area contributed by atoms with Gasteiger partial charge in [0, 0.05) is 12.1 Å². The Balaban J connectivity index is 2.53. The van der Waals surface area contributed by atoms with E-state index in [1.165, 1.54) is 18.9 Å². The molecule has 1 aromatic heterocycles. The van der Waals surface area contributed by atoms with E-state index in [0.29, 0.717) is 23.0 Å². The molecular weight excluding hydrogens is 263 g/mol. The molecule has 1 heterocycles. The van der Waals surface area contributed by atoms with Crippen molar-refractivity contribution >= 4 is 22.6 Å². The van der Waals surface area contributed by atoms with Crippen molar-refractivity contribution in [3.05, 3.63) is 29.3 Å². The van der Waals surface area contributed by atoms with Gasteiger partial charge in [0.15, 0.2) is 0 Å². The van der Waals surface area contributed by atoms with Crippen LogP contribution in [0.15, 0.2) is 12.1 Å². The van der Waals surface area contributed by atoms with Crippen LogP contribution >= 0.6 is 11.6 Å². The van der Waals surface area contributed by atoms with Gasteiger partial charge >= 0.3 is 0 Å². The third-order valence-corrected chi connectivity index (χ3v) is 3.82. The summed E-state index contributed by atoms with van der Waals surface area (Å²) < 4.78 is 15.8. The van der Waals surface area contributed by atoms with E-state index in [-0.39, 0.29) is 5.82 Å². The molecule has 1 atom stereocenters. The number of nitrogens with zero attached hydrogens (tertiary/aromatic N) is 2. The minimum atomic E-state index is -0.209. The average Bonchev–Trinajstić information content (AvgIpc) is 2.74. The van der Waals surface area contributed by atoms with Gasteiger partial charge in [-0.15, -0.1) is 11.6 Å². The number of fused-ring (bicyclic) bond motifs is 1. The lowest BCUT2D eigenvalue weighted by atomic mass is 10.1.